The second-order valence-electron chi connectivity index (χ2n) is 6.61. The fourth-order valence-electron chi connectivity index (χ4n) is 2.85. The average molecular weight is 426 g/mol. The van der Waals surface area contributed by atoms with Crippen molar-refractivity contribution in [2.75, 3.05) is 39.8 Å². The zero-order valence-corrected chi connectivity index (χ0v) is 17.4. The number of piperazine rings is 1. The number of quaternary nitrogens is 1. The molecule has 2 aliphatic heterocycles. The summed E-state index contributed by atoms with van der Waals surface area (Å²) in [7, 11) is 2.14. The number of nitrogens with zero attached hydrogens (tertiary/aromatic N) is 2. The SMILES string of the molecule is C[NH+]1CCN(NC(=O)CCN2C(=O)/C(=C/c3ccc(Cl)cc3)SC2=S)CC1. The lowest BCUT2D eigenvalue weighted by Crippen LogP contribution is -3.12. The molecule has 2 amide bonds. The average Bonchev–Trinajstić information content (AvgIpc) is 2.90. The van der Waals surface area contributed by atoms with Crippen LogP contribution in [0.1, 0.15) is 12.0 Å². The number of likely N-dealkylation sites (N-methyl/N-ethyl adjacent to an activating group) is 1. The van der Waals surface area contributed by atoms with Crippen molar-refractivity contribution < 1.29 is 14.5 Å². The molecule has 1 aromatic carbocycles. The number of nitrogens with one attached hydrogen (secondary N) is 2. The smallest absolute Gasteiger partial charge is 0.266 e. The predicted molar refractivity (Wildman–Crippen MR) is 112 cm³/mol. The van der Waals surface area contributed by atoms with E-state index < -0.39 is 0 Å². The summed E-state index contributed by atoms with van der Waals surface area (Å²) in [5.41, 5.74) is 3.80. The van der Waals surface area contributed by atoms with Crippen LogP contribution in [-0.4, -0.2) is 65.8 Å². The van der Waals surface area contributed by atoms with E-state index in [0.717, 1.165) is 31.7 Å². The van der Waals surface area contributed by atoms with Crippen molar-refractivity contribution in [1.29, 1.82) is 0 Å². The van der Waals surface area contributed by atoms with Gasteiger partial charge >= 0.3 is 0 Å². The van der Waals surface area contributed by atoms with Gasteiger partial charge in [0.2, 0.25) is 5.91 Å². The first-order chi connectivity index (χ1) is 12.9. The first-order valence-electron chi connectivity index (χ1n) is 8.79. The van der Waals surface area contributed by atoms with Crippen LogP contribution in [0, 0.1) is 0 Å². The molecule has 0 bridgehead atoms. The molecule has 2 heterocycles. The Morgan fingerprint density at radius 1 is 1.33 bits per heavy atom. The fraction of sp³-hybridized carbons (Fsp3) is 0.389. The summed E-state index contributed by atoms with van der Waals surface area (Å²) in [6, 6.07) is 7.25. The van der Waals surface area contributed by atoms with Crippen LogP contribution >= 0.6 is 35.6 Å². The summed E-state index contributed by atoms with van der Waals surface area (Å²) in [6.07, 6.45) is 2.02. The molecule has 0 aromatic heterocycles. The van der Waals surface area contributed by atoms with Gasteiger partial charge < -0.3 is 4.90 Å². The molecule has 0 aliphatic carbocycles. The van der Waals surface area contributed by atoms with Gasteiger partial charge in [0, 0.05) is 18.0 Å². The van der Waals surface area contributed by atoms with Gasteiger partial charge in [-0.2, -0.15) is 0 Å². The topological polar surface area (TPSA) is 57.1 Å². The molecule has 2 aliphatic rings. The van der Waals surface area contributed by atoms with Crippen LogP contribution < -0.4 is 10.3 Å². The zero-order valence-electron chi connectivity index (χ0n) is 15.0. The molecule has 144 valence electrons. The van der Waals surface area contributed by atoms with Gasteiger partial charge in [0.25, 0.3) is 5.91 Å². The van der Waals surface area contributed by atoms with Crippen LogP contribution in [-0.2, 0) is 9.59 Å². The Morgan fingerprint density at radius 3 is 2.67 bits per heavy atom. The number of hydrazine groups is 1. The first kappa shape index (κ1) is 20.3. The second kappa shape index (κ2) is 9.16. The molecule has 27 heavy (non-hydrogen) atoms. The lowest BCUT2D eigenvalue weighted by molar-refractivity contribution is -0.884. The molecule has 0 atom stereocenters. The third kappa shape index (κ3) is 5.52. The standard InChI is InChI=1S/C18H21ClN4O2S2/c1-21-8-10-22(11-9-21)20-16(24)6-7-23-17(25)15(27-18(23)26)12-13-2-4-14(19)5-3-13/h2-5,12H,6-11H2,1H3,(H,20,24)/p+1/b15-12-. The number of benzene rings is 1. The highest BCUT2D eigenvalue weighted by atomic mass is 35.5. The fourth-order valence-corrected chi connectivity index (χ4v) is 4.28. The molecule has 6 nitrogen and oxygen atoms in total. The van der Waals surface area contributed by atoms with Crippen molar-refractivity contribution in [3.05, 3.63) is 39.8 Å². The highest BCUT2D eigenvalue weighted by Crippen LogP contribution is 2.32. The molecule has 2 fully saturated rings. The zero-order chi connectivity index (χ0) is 19.4. The van der Waals surface area contributed by atoms with Crippen LogP contribution in [0.5, 0.6) is 0 Å². The van der Waals surface area contributed by atoms with E-state index in [2.05, 4.69) is 12.5 Å². The Labute approximate surface area is 173 Å². The number of carbonyl (C=O) groups excluding carboxylic acids is 2. The molecule has 0 spiro atoms. The largest absolute Gasteiger partial charge is 0.335 e. The second-order valence-corrected chi connectivity index (χ2v) is 8.73. The number of carbonyl (C=O) groups is 2. The summed E-state index contributed by atoms with van der Waals surface area (Å²) in [5, 5.41) is 2.59. The van der Waals surface area contributed by atoms with Crippen molar-refractivity contribution in [3.8, 4) is 0 Å². The Hall–Kier alpha value is -1.45. The van der Waals surface area contributed by atoms with Gasteiger partial charge in [-0.15, -0.1) is 0 Å². The molecular weight excluding hydrogens is 404 g/mol. The third-order valence-electron chi connectivity index (χ3n) is 4.50. The third-order valence-corrected chi connectivity index (χ3v) is 6.13. The van der Waals surface area contributed by atoms with Crippen LogP contribution in [0.3, 0.4) is 0 Å². The van der Waals surface area contributed by atoms with Gasteiger partial charge in [0.1, 0.15) is 4.32 Å². The van der Waals surface area contributed by atoms with E-state index in [1.165, 1.54) is 21.6 Å². The Kier molecular flexibility index (Phi) is 6.88. The molecule has 3 rings (SSSR count). The number of thiocarbonyl (C=S) groups is 1. The summed E-state index contributed by atoms with van der Waals surface area (Å²) in [5.74, 6) is -0.249. The molecule has 1 aromatic rings. The van der Waals surface area contributed by atoms with E-state index in [9.17, 15) is 9.59 Å². The van der Waals surface area contributed by atoms with Crippen LogP contribution in [0.4, 0.5) is 0 Å². The number of hydrogen-bond acceptors (Lipinski definition) is 5. The highest BCUT2D eigenvalue weighted by Gasteiger charge is 2.32. The molecule has 9 heteroatoms. The van der Waals surface area contributed by atoms with Gasteiger partial charge in [-0.3, -0.25) is 19.9 Å². The van der Waals surface area contributed by atoms with Crippen molar-refractivity contribution in [1.82, 2.24) is 15.3 Å². The summed E-state index contributed by atoms with van der Waals surface area (Å²) >= 11 is 12.5. The number of rotatable bonds is 5. The van der Waals surface area contributed by atoms with E-state index in [0.29, 0.717) is 14.2 Å². The first-order valence-corrected chi connectivity index (χ1v) is 10.4. The van der Waals surface area contributed by atoms with E-state index in [-0.39, 0.29) is 24.8 Å². The molecule has 2 N–H and O–H groups in total. The minimum atomic E-state index is -0.157. The molecule has 0 saturated carbocycles. The maximum atomic E-state index is 12.6. The minimum Gasteiger partial charge on any atom is -0.335 e. The lowest BCUT2D eigenvalue weighted by atomic mass is 10.2. The summed E-state index contributed by atoms with van der Waals surface area (Å²) < 4.78 is 0.483. The quantitative estimate of drug-likeness (QED) is 0.539. The van der Waals surface area contributed by atoms with E-state index >= 15 is 0 Å². The van der Waals surface area contributed by atoms with Gasteiger partial charge in [-0.05, 0) is 23.8 Å². The maximum Gasteiger partial charge on any atom is 0.266 e. The van der Waals surface area contributed by atoms with E-state index in [1.54, 1.807) is 18.2 Å². The number of amides is 2. The number of hydrogen-bond donors (Lipinski definition) is 2. The number of thioether (sulfide) groups is 1. The number of halogens is 1. The monoisotopic (exact) mass is 425 g/mol. The normalized spacial score (nSPS) is 20.5. The Morgan fingerprint density at radius 2 is 2.00 bits per heavy atom. The Bertz CT molecular complexity index is 761. The van der Waals surface area contributed by atoms with Crippen LogP contribution in [0.25, 0.3) is 6.08 Å². The lowest BCUT2D eigenvalue weighted by Gasteiger charge is -2.30. The summed E-state index contributed by atoms with van der Waals surface area (Å²) in [4.78, 5) is 28.3. The summed E-state index contributed by atoms with van der Waals surface area (Å²) in [6.45, 7) is 3.97. The molecule has 0 unspecified atom stereocenters. The Balaban J connectivity index is 1.53. The van der Waals surface area contributed by atoms with Crippen molar-refractivity contribution >= 4 is 57.8 Å². The minimum absolute atomic E-state index is 0.0923. The van der Waals surface area contributed by atoms with E-state index in [4.69, 9.17) is 23.8 Å². The van der Waals surface area contributed by atoms with Crippen LogP contribution in [0.15, 0.2) is 29.2 Å². The highest BCUT2D eigenvalue weighted by molar-refractivity contribution is 8.26. The molecule has 2 saturated heterocycles. The van der Waals surface area contributed by atoms with Gasteiger partial charge in [0.15, 0.2) is 0 Å². The van der Waals surface area contributed by atoms with Crippen LogP contribution in [0.2, 0.25) is 5.02 Å². The molecular formula is C18H22ClN4O2S2+. The van der Waals surface area contributed by atoms with E-state index in [1.807, 2.05) is 17.1 Å². The van der Waals surface area contributed by atoms with Crippen molar-refractivity contribution in [2.24, 2.45) is 0 Å². The molecule has 0 radical (unpaired) electrons. The van der Waals surface area contributed by atoms with Crippen molar-refractivity contribution in [3.63, 3.8) is 0 Å². The predicted octanol–water partition coefficient (Wildman–Crippen LogP) is 0.793. The van der Waals surface area contributed by atoms with Gasteiger partial charge in [-0.1, -0.05) is 47.7 Å². The maximum absolute atomic E-state index is 12.6. The van der Waals surface area contributed by atoms with Gasteiger partial charge in [-0.25, -0.2) is 5.01 Å². The van der Waals surface area contributed by atoms with Crippen molar-refractivity contribution in [2.45, 2.75) is 6.42 Å². The van der Waals surface area contributed by atoms with Gasteiger partial charge in [0.05, 0.1) is 38.1 Å².